The minimum atomic E-state index is -0.829. The average Bonchev–Trinajstić information content (AvgIpc) is 2.79. The first-order valence-electron chi connectivity index (χ1n) is 14.9. The van der Waals surface area contributed by atoms with Crippen molar-refractivity contribution in [2.45, 2.75) is 138 Å². The van der Waals surface area contributed by atoms with Gasteiger partial charge in [0.15, 0.2) is 0 Å². The van der Waals surface area contributed by atoms with Gasteiger partial charge in [0.05, 0.1) is 0 Å². The van der Waals surface area contributed by atoms with Crippen LogP contribution in [-0.4, -0.2) is 47.0 Å². The van der Waals surface area contributed by atoms with E-state index in [1.807, 2.05) is 46.8 Å². The molecule has 0 radical (unpaired) electrons. The van der Waals surface area contributed by atoms with E-state index in [4.69, 9.17) is 4.74 Å². The van der Waals surface area contributed by atoms with Gasteiger partial charge in [0.25, 0.3) is 0 Å². The zero-order valence-corrected chi connectivity index (χ0v) is 26.3. The van der Waals surface area contributed by atoms with Gasteiger partial charge in [-0.2, -0.15) is 0 Å². The third-order valence-electron chi connectivity index (χ3n) is 6.62. The largest absolute Gasteiger partial charge is 0.444 e. The van der Waals surface area contributed by atoms with Crippen LogP contribution in [0.25, 0.3) is 0 Å². The van der Waals surface area contributed by atoms with Crippen molar-refractivity contribution in [3.8, 4) is 0 Å². The fraction of sp³-hybridized carbons (Fsp3) is 0.719. The van der Waals surface area contributed by atoms with Crippen molar-refractivity contribution in [2.24, 2.45) is 5.92 Å². The molecule has 7 heteroatoms. The maximum absolute atomic E-state index is 14.3. The summed E-state index contributed by atoms with van der Waals surface area (Å²) in [6, 6.07) is 4.40. The van der Waals surface area contributed by atoms with Crippen LogP contribution < -0.4 is 10.6 Å². The molecule has 0 aromatic heterocycles. The number of hydrogen-bond acceptors (Lipinski definition) is 4. The zero-order chi connectivity index (χ0) is 29.8. The molecule has 7 nitrogen and oxygen atoms in total. The Labute approximate surface area is 237 Å². The number of amides is 3. The predicted octanol–water partition coefficient (Wildman–Crippen LogP) is 7.00. The van der Waals surface area contributed by atoms with Gasteiger partial charge in [-0.3, -0.25) is 9.59 Å². The van der Waals surface area contributed by atoms with Gasteiger partial charge in [-0.15, -0.1) is 0 Å². The molecule has 2 N–H and O–H groups in total. The van der Waals surface area contributed by atoms with E-state index in [-0.39, 0.29) is 23.8 Å². The van der Waals surface area contributed by atoms with Crippen molar-refractivity contribution in [3.63, 3.8) is 0 Å². The number of hydrogen-bond donors (Lipinski definition) is 2. The first-order valence-corrected chi connectivity index (χ1v) is 14.9. The smallest absolute Gasteiger partial charge is 0.408 e. The minimum absolute atomic E-state index is 0.0156. The molecule has 39 heavy (non-hydrogen) atoms. The Morgan fingerprint density at radius 2 is 1.46 bits per heavy atom. The molecule has 3 unspecified atom stereocenters. The molecule has 222 valence electrons. The lowest BCUT2D eigenvalue weighted by atomic mass is 9.96. The molecular formula is C32H55N3O4. The number of carbonyl (C=O) groups excluding carboxylic acids is 3. The Morgan fingerprint density at radius 1 is 0.872 bits per heavy atom. The summed E-state index contributed by atoms with van der Waals surface area (Å²) in [4.78, 5) is 42.6. The second-order valence-electron chi connectivity index (χ2n) is 12.3. The summed E-state index contributed by atoms with van der Waals surface area (Å²) in [5.74, 6) is -0.661. The molecule has 3 atom stereocenters. The van der Waals surface area contributed by atoms with E-state index in [2.05, 4.69) is 30.5 Å². The van der Waals surface area contributed by atoms with Crippen molar-refractivity contribution in [1.82, 2.24) is 15.5 Å². The number of nitrogens with zero attached hydrogens (tertiary/aromatic N) is 1. The Kier molecular flexibility index (Phi) is 14.6. The van der Waals surface area contributed by atoms with Gasteiger partial charge in [-0.05, 0) is 65.9 Å². The number of aryl methyl sites for hydroxylation is 2. The van der Waals surface area contributed by atoms with E-state index in [9.17, 15) is 14.4 Å². The van der Waals surface area contributed by atoms with Crippen LogP contribution in [0.5, 0.6) is 0 Å². The Balaban J connectivity index is 3.53. The van der Waals surface area contributed by atoms with Gasteiger partial charge < -0.3 is 20.3 Å². The van der Waals surface area contributed by atoms with Crippen LogP contribution in [0.4, 0.5) is 4.79 Å². The number of unbranched alkanes of at least 4 members (excludes halogenated alkanes) is 4. The first-order chi connectivity index (χ1) is 18.2. The van der Waals surface area contributed by atoms with Crippen molar-refractivity contribution in [3.05, 3.63) is 34.9 Å². The molecule has 0 spiro atoms. The lowest BCUT2D eigenvalue weighted by Crippen LogP contribution is -2.55. The third kappa shape index (κ3) is 12.4. The normalized spacial score (nSPS) is 13.9. The van der Waals surface area contributed by atoms with Gasteiger partial charge in [0.1, 0.15) is 17.7 Å². The minimum Gasteiger partial charge on any atom is -0.444 e. The topological polar surface area (TPSA) is 87.7 Å². The molecular weight excluding hydrogens is 490 g/mol. The summed E-state index contributed by atoms with van der Waals surface area (Å²) in [6.07, 6.45) is 6.26. The van der Waals surface area contributed by atoms with Crippen molar-refractivity contribution in [1.29, 1.82) is 0 Å². The van der Waals surface area contributed by atoms with Gasteiger partial charge >= 0.3 is 6.09 Å². The van der Waals surface area contributed by atoms with Crippen LogP contribution in [0.1, 0.15) is 123 Å². The summed E-state index contributed by atoms with van der Waals surface area (Å²) in [7, 11) is 0. The second kappa shape index (κ2) is 16.5. The maximum Gasteiger partial charge on any atom is 0.408 e. The molecule has 1 aromatic carbocycles. The zero-order valence-electron chi connectivity index (χ0n) is 26.3. The summed E-state index contributed by atoms with van der Waals surface area (Å²) < 4.78 is 5.48. The van der Waals surface area contributed by atoms with Gasteiger partial charge in [0.2, 0.25) is 11.8 Å². The molecule has 0 bridgehead atoms. The Morgan fingerprint density at radius 3 is 1.97 bits per heavy atom. The van der Waals surface area contributed by atoms with E-state index < -0.39 is 23.8 Å². The third-order valence-corrected chi connectivity index (χ3v) is 6.62. The average molecular weight is 546 g/mol. The highest BCUT2D eigenvalue weighted by Crippen LogP contribution is 2.27. The van der Waals surface area contributed by atoms with Gasteiger partial charge in [-0.25, -0.2) is 4.79 Å². The highest BCUT2D eigenvalue weighted by molar-refractivity contribution is 5.92. The molecule has 0 saturated carbocycles. The molecule has 0 heterocycles. The highest BCUT2D eigenvalue weighted by atomic mass is 16.6. The number of benzene rings is 1. The van der Waals surface area contributed by atoms with Gasteiger partial charge in [-0.1, -0.05) is 89.1 Å². The van der Waals surface area contributed by atoms with Crippen molar-refractivity contribution >= 4 is 17.9 Å². The molecule has 0 saturated heterocycles. The molecule has 0 fully saturated rings. The molecule has 1 rings (SSSR count). The Hall–Kier alpha value is -2.57. The number of ether oxygens (including phenoxy) is 1. The monoisotopic (exact) mass is 545 g/mol. The highest BCUT2D eigenvalue weighted by Gasteiger charge is 2.37. The molecule has 1 aromatic rings. The SMILES string of the molecule is CCCCCCCN(C(=O)C(NC(=O)OC(C)(C)C)C(C)C)C(C(=O)NC(C)CCC)c1cc(C)cc(C)c1. The number of rotatable bonds is 15. The fourth-order valence-corrected chi connectivity index (χ4v) is 4.85. The molecule has 0 aliphatic carbocycles. The van der Waals surface area contributed by atoms with Crippen LogP contribution in [-0.2, 0) is 14.3 Å². The molecule has 0 aliphatic rings. The summed E-state index contributed by atoms with van der Waals surface area (Å²) in [6.45, 7) is 19.9. The van der Waals surface area contributed by atoms with E-state index >= 15 is 0 Å². The van der Waals surface area contributed by atoms with E-state index in [1.54, 1.807) is 25.7 Å². The van der Waals surface area contributed by atoms with Gasteiger partial charge in [0, 0.05) is 12.6 Å². The van der Waals surface area contributed by atoms with E-state index in [1.165, 1.54) is 0 Å². The van der Waals surface area contributed by atoms with Crippen LogP contribution in [0.15, 0.2) is 18.2 Å². The van der Waals surface area contributed by atoms with E-state index in [0.29, 0.717) is 6.54 Å². The van der Waals surface area contributed by atoms with Crippen molar-refractivity contribution in [2.75, 3.05) is 6.54 Å². The fourth-order valence-electron chi connectivity index (χ4n) is 4.85. The lowest BCUT2D eigenvalue weighted by Gasteiger charge is -2.36. The maximum atomic E-state index is 14.3. The Bertz CT molecular complexity index is 902. The van der Waals surface area contributed by atoms with Crippen LogP contribution in [0, 0.1) is 19.8 Å². The van der Waals surface area contributed by atoms with Crippen LogP contribution >= 0.6 is 0 Å². The predicted molar refractivity (Wildman–Crippen MR) is 160 cm³/mol. The van der Waals surface area contributed by atoms with E-state index in [0.717, 1.165) is 61.6 Å². The first kappa shape index (κ1) is 34.5. The van der Waals surface area contributed by atoms with Crippen LogP contribution in [0.2, 0.25) is 0 Å². The number of alkyl carbamates (subject to hydrolysis) is 1. The molecule has 3 amide bonds. The van der Waals surface area contributed by atoms with Crippen LogP contribution in [0.3, 0.4) is 0 Å². The second-order valence-corrected chi connectivity index (χ2v) is 12.3. The van der Waals surface area contributed by atoms with Crippen molar-refractivity contribution < 1.29 is 19.1 Å². The standard InChI is InChI=1S/C32H55N3O4/c1-11-13-14-15-16-18-35(30(37)27(22(3)4)34-31(38)39-32(8,9)10)28(29(36)33-25(7)17-12-2)26-20-23(5)19-24(6)21-26/h19-22,25,27-28H,11-18H2,1-10H3,(H,33,36)(H,34,38). The quantitative estimate of drug-likeness (QED) is 0.232. The summed E-state index contributed by atoms with van der Waals surface area (Å²) in [5, 5.41) is 5.97. The summed E-state index contributed by atoms with van der Waals surface area (Å²) in [5.41, 5.74) is 2.17. The lowest BCUT2D eigenvalue weighted by molar-refractivity contribution is -0.143. The molecule has 0 aliphatic heterocycles. The number of nitrogens with one attached hydrogen (secondary N) is 2. The number of carbonyl (C=O) groups is 3. The summed E-state index contributed by atoms with van der Waals surface area (Å²) >= 11 is 0.